The molecule has 0 saturated carbocycles. The molecule has 0 unspecified atom stereocenters. The van der Waals surface area contributed by atoms with Crippen molar-refractivity contribution in [2.24, 2.45) is 0 Å². The highest BCUT2D eigenvalue weighted by Crippen LogP contribution is 2.37. The van der Waals surface area contributed by atoms with Gasteiger partial charge in [-0.3, -0.25) is 0 Å². The Balaban J connectivity index is 2.21. The number of ether oxygens (including phenoxy) is 1. The van der Waals surface area contributed by atoms with Gasteiger partial charge in [-0.15, -0.1) is 0 Å². The van der Waals surface area contributed by atoms with Crippen LogP contribution in [0.5, 0.6) is 5.75 Å². The van der Waals surface area contributed by atoms with Crippen LogP contribution in [0, 0.1) is 27.7 Å². The molecule has 3 heteroatoms. The molecule has 0 fully saturated rings. The van der Waals surface area contributed by atoms with Crippen LogP contribution in [-0.2, 0) is 0 Å². The zero-order valence-corrected chi connectivity index (χ0v) is 14.3. The number of rotatable bonds is 3. The summed E-state index contributed by atoms with van der Waals surface area (Å²) in [5, 5.41) is 0. The molecule has 3 aromatic rings. The predicted octanol–water partition coefficient (Wildman–Crippen LogP) is 4.99. The SMILES string of the molecule is COc1ccc(-c2nc(C)c(C)[nH]2)cc1-c1c(C)cccc1C. The first kappa shape index (κ1) is 15.3. The minimum Gasteiger partial charge on any atom is -0.496 e. The van der Waals surface area contributed by atoms with E-state index in [0.29, 0.717) is 0 Å². The van der Waals surface area contributed by atoms with E-state index < -0.39 is 0 Å². The van der Waals surface area contributed by atoms with Crippen molar-refractivity contribution in [3.63, 3.8) is 0 Å². The highest BCUT2D eigenvalue weighted by atomic mass is 16.5. The van der Waals surface area contributed by atoms with Gasteiger partial charge in [0.2, 0.25) is 0 Å². The first-order valence-electron chi connectivity index (χ1n) is 7.79. The lowest BCUT2D eigenvalue weighted by Gasteiger charge is -2.15. The van der Waals surface area contributed by atoms with Gasteiger partial charge < -0.3 is 9.72 Å². The summed E-state index contributed by atoms with van der Waals surface area (Å²) in [6, 6.07) is 12.6. The number of aromatic nitrogens is 2. The molecule has 2 aromatic carbocycles. The largest absolute Gasteiger partial charge is 0.496 e. The maximum atomic E-state index is 5.60. The van der Waals surface area contributed by atoms with Crippen LogP contribution < -0.4 is 4.74 Å². The van der Waals surface area contributed by atoms with Crippen molar-refractivity contribution in [3.8, 4) is 28.3 Å². The number of aryl methyl sites for hydroxylation is 4. The van der Waals surface area contributed by atoms with Crippen LogP contribution in [0.4, 0.5) is 0 Å². The van der Waals surface area contributed by atoms with E-state index in [1.54, 1.807) is 7.11 Å². The molecule has 0 aliphatic rings. The van der Waals surface area contributed by atoms with Gasteiger partial charge in [0.15, 0.2) is 0 Å². The summed E-state index contributed by atoms with van der Waals surface area (Å²) in [5.74, 6) is 1.78. The van der Waals surface area contributed by atoms with Crippen LogP contribution >= 0.6 is 0 Å². The summed E-state index contributed by atoms with van der Waals surface area (Å²) in [7, 11) is 1.72. The van der Waals surface area contributed by atoms with Crippen molar-refractivity contribution >= 4 is 0 Å². The third-order valence-corrected chi connectivity index (χ3v) is 4.35. The molecule has 3 rings (SSSR count). The predicted molar refractivity (Wildman–Crippen MR) is 95.0 cm³/mol. The van der Waals surface area contributed by atoms with Crippen LogP contribution in [0.2, 0.25) is 0 Å². The molecule has 0 spiro atoms. The average Bonchev–Trinajstić information content (AvgIpc) is 2.86. The van der Waals surface area contributed by atoms with E-state index in [-0.39, 0.29) is 0 Å². The standard InChI is InChI=1S/C20H22N2O/c1-12-7-6-8-13(2)19(12)17-11-16(9-10-18(17)23-5)20-21-14(3)15(4)22-20/h6-11H,1-5H3,(H,21,22). The van der Waals surface area contributed by atoms with E-state index >= 15 is 0 Å². The summed E-state index contributed by atoms with van der Waals surface area (Å²) >= 11 is 0. The van der Waals surface area contributed by atoms with Gasteiger partial charge in [0.1, 0.15) is 11.6 Å². The molecule has 0 amide bonds. The average molecular weight is 306 g/mol. The fraction of sp³-hybridized carbons (Fsp3) is 0.250. The number of nitrogens with zero attached hydrogens (tertiary/aromatic N) is 1. The monoisotopic (exact) mass is 306 g/mol. The van der Waals surface area contributed by atoms with E-state index in [0.717, 1.165) is 34.1 Å². The molecule has 3 nitrogen and oxygen atoms in total. The highest BCUT2D eigenvalue weighted by Gasteiger charge is 2.14. The van der Waals surface area contributed by atoms with Gasteiger partial charge in [0.25, 0.3) is 0 Å². The second-order valence-electron chi connectivity index (χ2n) is 5.98. The van der Waals surface area contributed by atoms with Crippen LogP contribution in [0.1, 0.15) is 22.5 Å². The second-order valence-corrected chi connectivity index (χ2v) is 5.98. The molecule has 1 heterocycles. The molecule has 0 aliphatic heterocycles. The second kappa shape index (κ2) is 5.92. The smallest absolute Gasteiger partial charge is 0.137 e. The molecule has 0 bridgehead atoms. The third-order valence-electron chi connectivity index (χ3n) is 4.35. The van der Waals surface area contributed by atoms with Crippen molar-refractivity contribution in [1.29, 1.82) is 0 Å². The quantitative estimate of drug-likeness (QED) is 0.740. The summed E-state index contributed by atoms with van der Waals surface area (Å²) in [5.41, 5.74) is 8.02. The zero-order chi connectivity index (χ0) is 16.6. The minimum absolute atomic E-state index is 0.881. The number of hydrogen-bond acceptors (Lipinski definition) is 2. The van der Waals surface area contributed by atoms with Crippen molar-refractivity contribution < 1.29 is 4.74 Å². The number of hydrogen-bond donors (Lipinski definition) is 1. The number of methoxy groups -OCH3 is 1. The summed E-state index contributed by atoms with van der Waals surface area (Å²) in [6.45, 7) is 8.33. The first-order chi connectivity index (χ1) is 11.0. The van der Waals surface area contributed by atoms with E-state index in [9.17, 15) is 0 Å². The van der Waals surface area contributed by atoms with E-state index in [1.165, 1.54) is 16.7 Å². The zero-order valence-electron chi connectivity index (χ0n) is 14.3. The fourth-order valence-corrected chi connectivity index (χ4v) is 2.97. The normalized spacial score (nSPS) is 10.8. The van der Waals surface area contributed by atoms with Gasteiger partial charge in [0.05, 0.1) is 12.8 Å². The van der Waals surface area contributed by atoms with Crippen molar-refractivity contribution in [1.82, 2.24) is 9.97 Å². The number of H-pyrrole nitrogens is 1. The van der Waals surface area contributed by atoms with E-state index in [1.807, 2.05) is 26.0 Å². The van der Waals surface area contributed by atoms with E-state index in [4.69, 9.17) is 4.74 Å². The molecular weight excluding hydrogens is 284 g/mol. The molecule has 0 radical (unpaired) electrons. The molecule has 0 saturated heterocycles. The van der Waals surface area contributed by atoms with Crippen LogP contribution in [0.15, 0.2) is 36.4 Å². The Hall–Kier alpha value is -2.55. The van der Waals surface area contributed by atoms with Gasteiger partial charge in [0, 0.05) is 16.8 Å². The number of imidazole rings is 1. The number of benzene rings is 2. The lowest BCUT2D eigenvalue weighted by Crippen LogP contribution is -1.94. The lowest BCUT2D eigenvalue weighted by molar-refractivity contribution is 0.416. The molecule has 0 aliphatic carbocycles. The van der Waals surface area contributed by atoms with Crippen LogP contribution in [0.3, 0.4) is 0 Å². The molecule has 1 N–H and O–H groups in total. The molecule has 0 atom stereocenters. The van der Waals surface area contributed by atoms with Gasteiger partial charge in [-0.2, -0.15) is 0 Å². The Kier molecular flexibility index (Phi) is 3.95. The van der Waals surface area contributed by atoms with Gasteiger partial charge in [-0.1, -0.05) is 18.2 Å². The topological polar surface area (TPSA) is 37.9 Å². The Labute approximate surface area is 137 Å². The lowest BCUT2D eigenvalue weighted by atomic mass is 9.94. The summed E-state index contributed by atoms with van der Waals surface area (Å²) in [6.07, 6.45) is 0. The van der Waals surface area contributed by atoms with Gasteiger partial charge >= 0.3 is 0 Å². The minimum atomic E-state index is 0.881. The third kappa shape index (κ3) is 2.74. The summed E-state index contributed by atoms with van der Waals surface area (Å²) in [4.78, 5) is 7.97. The Morgan fingerprint density at radius 3 is 2.22 bits per heavy atom. The molecule has 23 heavy (non-hydrogen) atoms. The van der Waals surface area contributed by atoms with Crippen molar-refractivity contribution in [3.05, 3.63) is 58.9 Å². The Morgan fingerprint density at radius 2 is 1.65 bits per heavy atom. The van der Waals surface area contributed by atoms with Gasteiger partial charge in [-0.05, 0) is 62.6 Å². The molecule has 118 valence electrons. The highest BCUT2D eigenvalue weighted by molar-refractivity contribution is 5.80. The fourth-order valence-electron chi connectivity index (χ4n) is 2.97. The maximum absolute atomic E-state index is 5.60. The number of nitrogens with one attached hydrogen (secondary N) is 1. The van der Waals surface area contributed by atoms with Gasteiger partial charge in [-0.25, -0.2) is 4.98 Å². The molecular formula is C20H22N2O. The van der Waals surface area contributed by atoms with E-state index in [2.05, 4.69) is 48.1 Å². The molecule has 1 aromatic heterocycles. The summed E-state index contributed by atoms with van der Waals surface area (Å²) < 4.78 is 5.60. The Morgan fingerprint density at radius 1 is 0.957 bits per heavy atom. The van der Waals surface area contributed by atoms with Crippen LogP contribution in [0.25, 0.3) is 22.5 Å². The van der Waals surface area contributed by atoms with Crippen molar-refractivity contribution in [2.45, 2.75) is 27.7 Å². The van der Waals surface area contributed by atoms with Crippen molar-refractivity contribution in [2.75, 3.05) is 7.11 Å². The Bertz CT molecular complexity index is 822. The maximum Gasteiger partial charge on any atom is 0.137 e. The number of aromatic amines is 1. The van der Waals surface area contributed by atoms with Crippen LogP contribution in [-0.4, -0.2) is 17.1 Å². The first-order valence-corrected chi connectivity index (χ1v) is 7.79.